The van der Waals surface area contributed by atoms with Crippen molar-refractivity contribution in [3.05, 3.63) is 227 Å². The highest BCUT2D eigenvalue weighted by Crippen LogP contribution is 2.54. The van der Waals surface area contributed by atoms with E-state index in [2.05, 4.69) is 227 Å². The quantitative estimate of drug-likeness (QED) is 0.163. The first kappa shape index (κ1) is 35.5. The molecule has 59 heavy (non-hydrogen) atoms. The van der Waals surface area contributed by atoms with Gasteiger partial charge in [0, 0.05) is 33.7 Å². The largest absolute Gasteiger partial charge is 0.310 e. The fourth-order valence-electron chi connectivity index (χ4n) is 10.7. The number of hydrogen-bond acceptors (Lipinski definition) is 1. The Bertz CT molecular complexity index is 2960. The Hall–Kier alpha value is -6.70. The molecule has 3 aliphatic rings. The van der Waals surface area contributed by atoms with Crippen LogP contribution in [0.1, 0.15) is 79.0 Å². The van der Waals surface area contributed by atoms with Gasteiger partial charge in [-0.15, -0.1) is 0 Å². The number of anilines is 3. The number of rotatable bonds is 6. The minimum Gasteiger partial charge on any atom is -0.310 e. The molecule has 1 heteroatoms. The Morgan fingerprint density at radius 3 is 1.81 bits per heavy atom. The Morgan fingerprint density at radius 2 is 1.02 bits per heavy atom. The maximum atomic E-state index is 2.50. The summed E-state index contributed by atoms with van der Waals surface area (Å²) in [6, 6.07) is 68.2. The number of fused-ring (bicyclic) bond motifs is 7. The summed E-state index contributed by atoms with van der Waals surface area (Å²) in [7, 11) is 0. The average Bonchev–Trinajstić information content (AvgIpc) is 3.66. The van der Waals surface area contributed by atoms with E-state index in [1.54, 1.807) is 0 Å². The third-order valence-corrected chi connectivity index (χ3v) is 13.7. The van der Waals surface area contributed by atoms with Crippen LogP contribution < -0.4 is 4.90 Å². The molecule has 0 spiro atoms. The summed E-state index contributed by atoms with van der Waals surface area (Å²) < 4.78 is 0. The summed E-state index contributed by atoms with van der Waals surface area (Å²) in [6.45, 7) is 9.47. The molecule has 0 radical (unpaired) electrons. The molecule has 0 bridgehead atoms. The number of para-hydroxylation sites is 1. The molecule has 1 unspecified atom stereocenters. The lowest BCUT2D eigenvalue weighted by atomic mass is 9.78. The average molecular weight is 758 g/mol. The summed E-state index contributed by atoms with van der Waals surface area (Å²) in [6.07, 6.45) is 5.64. The predicted molar refractivity (Wildman–Crippen MR) is 249 cm³/mol. The molecule has 0 N–H and O–H groups in total. The lowest BCUT2D eigenvalue weighted by Gasteiger charge is -2.31. The van der Waals surface area contributed by atoms with Gasteiger partial charge in [-0.05, 0) is 115 Å². The number of hydrogen-bond donors (Lipinski definition) is 0. The van der Waals surface area contributed by atoms with E-state index in [1.807, 2.05) is 0 Å². The van der Waals surface area contributed by atoms with E-state index in [9.17, 15) is 0 Å². The second-order valence-corrected chi connectivity index (χ2v) is 17.6. The van der Waals surface area contributed by atoms with Gasteiger partial charge in [0.05, 0.1) is 5.69 Å². The van der Waals surface area contributed by atoms with Crippen LogP contribution >= 0.6 is 0 Å². The van der Waals surface area contributed by atoms with E-state index in [0.717, 1.165) is 17.8 Å². The van der Waals surface area contributed by atoms with Crippen LogP contribution in [0.3, 0.4) is 0 Å². The van der Waals surface area contributed by atoms with Crippen molar-refractivity contribution in [3.8, 4) is 44.5 Å². The van der Waals surface area contributed by atoms with Crippen LogP contribution in [0.25, 0.3) is 50.6 Å². The van der Waals surface area contributed by atoms with E-state index < -0.39 is 0 Å². The zero-order valence-electron chi connectivity index (χ0n) is 34.2. The van der Waals surface area contributed by atoms with Gasteiger partial charge in [-0.25, -0.2) is 0 Å². The first-order chi connectivity index (χ1) is 28.8. The highest BCUT2D eigenvalue weighted by Gasteiger charge is 2.38. The second kappa shape index (κ2) is 13.4. The molecular weight excluding hydrogens is 711 g/mol. The molecule has 0 aliphatic heterocycles. The third-order valence-electron chi connectivity index (χ3n) is 13.7. The fraction of sp³-hybridized carbons (Fsp3) is 0.138. The Balaban J connectivity index is 1.10. The van der Waals surface area contributed by atoms with Crippen LogP contribution in [-0.4, -0.2) is 0 Å². The van der Waals surface area contributed by atoms with Gasteiger partial charge in [-0.3, -0.25) is 0 Å². The molecule has 0 amide bonds. The number of benzene rings is 8. The molecule has 0 saturated carbocycles. The molecule has 0 saturated heterocycles. The summed E-state index contributed by atoms with van der Waals surface area (Å²) in [5.41, 5.74) is 23.3. The normalized spacial score (nSPS) is 16.1. The van der Waals surface area contributed by atoms with Gasteiger partial charge in [0.15, 0.2) is 0 Å². The van der Waals surface area contributed by atoms with Crippen molar-refractivity contribution in [1.29, 1.82) is 0 Å². The van der Waals surface area contributed by atoms with Gasteiger partial charge in [-0.2, -0.15) is 0 Å². The van der Waals surface area contributed by atoms with Crippen molar-refractivity contribution in [2.24, 2.45) is 0 Å². The lowest BCUT2D eigenvalue weighted by molar-refractivity contribution is 0.660. The molecule has 1 atom stereocenters. The van der Waals surface area contributed by atoms with Crippen molar-refractivity contribution in [2.75, 3.05) is 4.90 Å². The van der Waals surface area contributed by atoms with Crippen molar-refractivity contribution in [3.63, 3.8) is 0 Å². The van der Waals surface area contributed by atoms with Crippen LogP contribution in [0.5, 0.6) is 0 Å². The molecule has 0 heterocycles. The highest BCUT2D eigenvalue weighted by molar-refractivity contribution is 5.95. The summed E-state index contributed by atoms with van der Waals surface area (Å²) in [5, 5.41) is 0. The summed E-state index contributed by atoms with van der Waals surface area (Å²) >= 11 is 0. The lowest BCUT2D eigenvalue weighted by Crippen LogP contribution is -2.17. The fourth-order valence-corrected chi connectivity index (χ4v) is 10.7. The van der Waals surface area contributed by atoms with E-state index in [1.165, 1.54) is 89.1 Å². The van der Waals surface area contributed by atoms with E-state index in [-0.39, 0.29) is 16.7 Å². The van der Waals surface area contributed by atoms with Crippen molar-refractivity contribution in [1.82, 2.24) is 0 Å². The maximum absolute atomic E-state index is 2.50. The molecule has 284 valence electrons. The maximum Gasteiger partial charge on any atom is 0.0540 e. The van der Waals surface area contributed by atoms with Gasteiger partial charge in [-0.1, -0.05) is 192 Å². The molecule has 1 nitrogen and oxygen atoms in total. The highest BCUT2D eigenvalue weighted by atomic mass is 15.1. The van der Waals surface area contributed by atoms with Gasteiger partial charge >= 0.3 is 0 Å². The van der Waals surface area contributed by atoms with E-state index in [4.69, 9.17) is 0 Å². The Labute approximate surface area is 349 Å². The van der Waals surface area contributed by atoms with Crippen molar-refractivity contribution in [2.45, 2.75) is 50.9 Å². The smallest absolute Gasteiger partial charge is 0.0540 e. The van der Waals surface area contributed by atoms with Gasteiger partial charge < -0.3 is 4.90 Å². The topological polar surface area (TPSA) is 3.24 Å². The minimum atomic E-state index is -0.123. The van der Waals surface area contributed by atoms with Crippen LogP contribution in [-0.2, 0) is 10.8 Å². The van der Waals surface area contributed by atoms with Crippen molar-refractivity contribution < 1.29 is 0 Å². The third kappa shape index (κ3) is 5.45. The van der Waals surface area contributed by atoms with Crippen LogP contribution in [0.4, 0.5) is 17.1 Å². The first-order valence-electron chi connectivity index (χ1n) is 21.1. The van der Waals surface area contributed by atoms with Crippen LogP contribution in [0.15, 0.2) is 188 Å². The summed E-state index contributed by atoms with van der Waals surface area (Å²) in [5.74, 6) is 0.273. The SMILES string of the molecule is CC1(C)c2ccccc2-c2ccc(N(c3ccc(-c4cccc5c4-c4ccccc4C5(C)C)cc3)c3ccccc3-c3cccc4c3C(c3ccccc3)CC=C4)cc21. The second-order valence-electron chi connectivity index (χ2n) is 17.6. The number of allylic oxidation sites excluding steroid dienone is 1. The Morgan fingerprint density at radius 1 is 0.441 bits per heavy atom. The van der Waals surface area contributed by atoms with E-state index >= 15 is 0 Å². The minimum absolute atomic E-state index is 0.0463. The predicted octanol–water partition coefficient (Wildman–Crippen LogP) is 15.7. The zero-order valence-corrected chi connectivity index (χ0v) is 34.2. The first-order valence-corrected chi connectivity index (χ1v) is 21.1. The molecule has 8 aromatic carbocycles. The zero-order chi connectivity index (χ0) is 39.9. The molecule has 11 rings (SSSR count). The van der Waals surface area contributed by atoms with Crippen LogP contribution in [0, 0.1) is 0 Å². The molecule has 0 fully saturated rings. The molecular formula is C58H47N. The number of nitrogens with zero attached hydrogens (tertiary/aromatic N) is 1. The van der Waals surface area contributed by atoms with E-state index in [0.29, 0.717) is 0 Å². The Kier molecular flexibility index (Phi) is 8.07. The monoisotopic (exact) mass is 757 g/mol. The molecule has 8 aromatic rings. The molecule has 3 aliphatic carbocycles. The van der Waals surface area contributed by atoms with Gasteiger partial charge in [0.1, 0.15) is 0 Å². The summed E-state index contributed by atoms with van der Waals surface area (Å²) in [4.78, 5) is 2.50. The standard InChI is InChI=1S/C58H47N/c1-57(2)51-28-12-9-23-49(51)56-44(25-16-29-52(56)57)39-31-33-41(34-32-39)59(42-35-36-46-45-21-8-11-27-50(45)58(3,4)53(46)37-42)54-30-13-10-22-47(54)48-26-15-20-40-19-14-24-43(55(40)48)38-17-6-5-7-18-38/h5-23,25-37,43H,24H2,1-4H3. The van der Waals surface area contributed by atoms with Gasteiger partial charge in [0.25, 0.3) is 0 Å². The van der Waals surface area contributed by atoms with Crippen LogP contribution in [0.2, 0.25) is 0 Å². The molecule has 0 aromatic heterocycles. The van der Waals surface area contributed by atoms with Gasteiger partial charge in [0.2, 0.25) is 0 Å². The van der Waals surface area contributed by atoms with Crippen molar-refractivity contribution >= 4 is 23.1 Å².